The summed E-state index contributed by atoms with van der Waals surface area (Å²) in [4.78, 5) is 14.2. The molecule has 0 aliphatic carbocycles. The van der Waals surface area contributed by atoms with Crippen molar-refractivity contribution in [3.05, 3.63) is 35.4 Å². The van der Waals surface area contributed by atoms with Crippen LogP contribution in [0.1, 0.15) is 30.9 Å². The lowest BCUT2D eigenvalue weighted by atomic mass is 10.1. The number of ether oxygens (including phenoxy) is 1. The molecule has 1 atom stereocenters. The summed E-state index contributed by atoms with van der Waals surface area (Å²) in [6.07, 6.45) is 3.55. The molecular formula is C18H28N2O2. The number of likely N-dealkylation sites (N-methyl/N-ethyl adjacent to an activating group) is 1. The lowest BCUT2D eigenvalue weighted by Crippen LogP contribution is -2.41. The van der Waals surface area contributed by atoms with Crippen LogP contribution in [-0.4, -0.2) is 50.2 Å². The van der Waals surface area contributed by atoms with Gasteiger partial charge in [0.2, 0.25) is 5.91 Å². The van der Waals surface area contributed by atoms with E-state index in [1.807, 2.05) is 0 Å². The molecule has 0 spiro atoms. The van der Waals surface area contributed by atoms with E-state index >= 15 is 0 Å². The first-order valence-corrected chi connectivity index (χ1v) is 8.32. The van der Waals surface area contributed by atoms with Gasteiger partial charge in [-0.05, 0) is 37.4 Å². The van der Waals surface area contributed by atoms with Crippen LogP contribution in [0.2, 0.25) is 0 Å². The van der Waals surface area contributed by atoms with E-state index in [2.05, 4.69) is 48.5 Å². The van der Waals surface area contributed by atoms with E-state index in [1.165, 1.54) is 11.1 Å². The van der Waals surface area contributed by atoms with Crippen LogP contribution in [0.5, 0.6) is 0 Å². The number of amides is 1. The lowest BCUT2D eigenvalue weighted by Gasteiger charge is -2.30. The molecule has 1 aromatic rings. The molecule has 1 fully saturated rings. The summed E-state index contributed by atoms with van der Waals surface area (Å²) >= 11 is 0. The summed E-state index contributed by atoms with van der Waals surface area (Å²) in [5.74, 6) is 0.128. The standard InChI is InChI=1S/C18H28N2O2/c1-3-15-4-6-16(7-5-15)8-9-18(21)19-11-10-17-14-20(2)12-13-22-17/h4-7,17H,3,8-14H2,1-2H3,(H,19,21). The van der Waals surface area contributed by atoms with Gasteiger partial charge in [-0.25, -0.2) is 0 Å². The molecule has 1 saturated heterocycles. The van der Waals surface area contributed by atoms with Gasteiger partial charge in [0.05, 0.1) is 12.7 Å². The minimum atomic E-state index is 0.128. The van der Waals surface area contributed by atoms with Crippen molar-refractivity contribution < 1.29 is 9.53 Å². The molecule has 0 aromatic heterocycles. The summed E-state index contributed by atoms with van der Waals surface area (Å²) in [5.41, 5.74) is 2.57. The molecule has 0 radical (unpaired) electrons. The predicted octanol–water partition coefficient (Wildman–Crippen LogP) is 2.02. The molecule has 0 bridgehead atoms. The Kier molecular flexibility index (Phi) is 6.87. The summed E-state index contributed by atoms with van der Waals surface area (Å²) in [6, 6.07) is 8.53. The van der Waals surface area contributed by atoms with E-state index in [1.54, 1.807) is 0 Å². The molecule has 1 aliphatic heterocycles. The molecule has 4 heteroatoms. The van der Waals surface area contributed by atoms with Gasteiger partial charge >= 0.3 is 0 Å². The summed E-state index contributed by atoms with van der Waals surface area (Å²) in [5, 5.41) is 3.00. The minimum Gasteiger partial charge on any atom is -0.375 e. The number of nitrogens with one attached hydrogen (secondary N) is 1. The molecule has 0 saturated carbocycles. The normalized spacial score (nSPS) is 19.1. The van der Waals surface area contributed by atoms with Crippen LogP contribution in [0, 0.1) is 0 Å². The first kappa shape index (κ1) is 17.0. The Morgan fingerprint density at radius 1 is 1.32 bits per heavy atom. The molecule has 1 N–H and O–H groups in total. The highest BCUT2D eigenvalue weighted by Gasteiger charge is 2.17. The molecule has 4 nitrogen and oxygen atoms in total. The van der Waals surface area contributed by atoms with Crippen molar-refractivity contribution in [2.45, 2.75) is 38.7 Å². The fourth-order valence-electron chi connectivity index (χ4n) is 2.70. The van der Waals surface area contributed by atoms with Crippen molar-refractivity contribution >= 4 is 5.91 Å². The van der Waals surface area contributed by atoms with Crippen LogP contribution < -0.4 is 5.32 Å². The average molecular weight is 304 g/mol. The monoisotopic (exact) mass is 304 g/mol. The number of benzene rings is 1. The van der Waals surface area contributed by atoms with Crippen LogP contribution in [0.25, 0.3) is 0 Å². The number of rotatable bonds is 7. The molecule has 122 valence electrons. The molecule has 1 heterocycles. The van der Waals surface area contributed by atoms with Gasteiger partial charge in [-0.1, -0.05) is 31.2 Å². The molecular weight excluding hydrogens is 276 g/mol. The molecule has 1 aliphatic rings. The van der Waals surface area contributed by atoms with E-state index in [4.69, 9.17) is 4.74 Å². The van der Waals surface area contributed by atoms with E-state index < -0.39 is 0 Å². The maximum atomic E-state index is 11.9. The van der Waals surface area contributed by atoms with Crippen LogP contribution in [0.4, 0.5) is 0 Å². The van der Waals surface area contributed by atoms with Crippen molar-refractivity contribution in [2.24, 2.45) is 0 Å². The third-order valence-electron chi connectivity index (χ3n) is 4.20. The smallest absolute Gasteiger partial charge is 0.220 e. The molecule has 1 amide bonds. The summed E-state index contributed by atoms with van der Waals surface area (Å²) < 4.78 is 5.69. The van der Waals surface area contributed by atoms with Gasteiger partial charge in [-0.2, -0.15) is 0 Å². The second-order valence-electron chi connectivity index (χ2n) is 6.06. The van der Waals surface area contributed by atoms with Gasteiger partial charge in [0.1, 0.15) is 0 Å². The van der Waals surface area contributed by atoms with Crippen molar-refractivity contribution in [3.8, 4) is 0 Å². The zero-order valence-electron chi connectivity index (χ0n) is 13.8. The van der Waals surface area contributed by atoms with Crippen LogP contribution in [-0.2, 0) is 22.4 Å². The Labute approximate surface area is 133 Å². The van der Waals surface area contributed by atoms with Gasteiger partial charge < -0.3 is 15.0 Å². The van der Waals surface area contributed by atoms with E-state index in [0.717, 1.165) is 39.0 Å². The van der Waals surface area contributed by atoms with Gasteiger partial charge in [0.15, 0.2) is 0 Å². The lowest BCUT2D eigenvalue weighted by molar-refractivity contribution is -0.121. The zero-order valence-corrected chi connectivity index (χ0v) is 13.8. The number of hydrogen-bond donors (Lipinski definition) is 1. The fourth-order valence-corrected chi connectivity index (χ4v) is 2.70. The highest BCUT2D eigenvalue weighted by atomic mass is 16.5. The predicted molar refractivity (Wildman–Crippen MR) is 89.0 cm³/mol. The maximum Gasteiger partial charge on any atom is 0.220 e. The second-order valence-corrected chi connectivity index (χ2v) is 6.06. The average Bonchev–Trinajstić information content (AvgIpc) is 2.53. The van der Waals surface area contributed by atoms with Crippen molar-refractivity contribution in [1.29, 1.82) is 0 Å². The van der Waals surface area contributed by atoms with Crippen LogP contribution in [0.3, 0.4) is 0 Å². The molecule has 1 aromatic carbocycles. The number of morpholine rings is 1. The summed E-state index contributed by atoms with van der Waals surface area (Å²) in [6.45, 7) is 5.60. The number of carbonyl (C=O) groups excluding carboxylic acids is 1. The first-order valence-electron chi connectivity index (χ1n) is 8.32. The Morgan fingerprint density at radius 2 is 2.05 bits per heavy atom. The van der Waals surface area contributed by atoms with Gasteiger partial charge in [0, 0.05) is 26.1 Å². The highest BCUT2D eigenvalue weighted by molar-refractivity contribution is 5.76. The van der Waals surface area contributed by atoms with E-state index in [-0.39, 0.29) is 12.0 Å². The van der Waals surface area contributed by atoms with E-state index in [9.17, 15) is 4.79 Å². The number of carbonyl (C=O) groups is 1. The second kappa shape index (κ2) is 8.91. The number of aryl methyl sites for hydroxylation is 2. The zero-order chi connectivity index (χ0) is 15.8. The first-order chi connectivity index (χ1) is 10.7. The largest absolute Gasteiger partial charge is 0.375 e. The van der Waals surface area contributed by atoms with Crippen molar-refractivity contribution in [3.63, 3.8) is 0 Å². The number of hydrogen-bond acceptors (Lipinski definition) is 3. The van der Waals surface area contributed by atoms with Crippen molar-refractivity contribution in [1.82, 2.24) is 10.2 Å². The third kappa shape index (κ3) is 5.78. The topological polar surface area (TPSA) is 41.6 Å². The van der Waals surface area contributed by atoms with Gasteiger partial charge in [-0.3, -0.25) is 4.79 Å². The Bertz CT molecular complexity index is 459. The van der Waals surface area contributed by atoms with Crippen LogP contribution >= 0.6 is 0 Å². The fraction of sp³-hybridized carbons (Fsp3) is 0.611. The third-order valence-corrected chi connectivity index (χ3v) is 4.20. The van der Waals surface area contributed by atoms with Gasteiger partial charge in [0.25, 0.3) is 0 Å². The minimum absolute atomic E-state index is 0.128. The van der Waals surface area contributed by atoms with Crippen LogP contribution in [0.15, 0.2) is 24.3 Å². The van der Waals surface area contributed by atoms with E-state index in [0.29, 0.717) is 13.0 Å². The molecule has 1 unspecified atom stereocenters. The Balaban J connectivity index is 1.61. The molecule has 22 heavy (non-hydrogen) atoms. The van der Waals surface area contributed by atoms with Crippen molar-refractivity contribution in [2.75, 3.05) is 33.3 Å². The summed E-state index contributed by atoms with van der Waals surface area (Å²) in [7, 11) is 2.11. The quantitative estimate of drug-likeness (QED) is 0.838. The SMILES string of the molecule is CCc1ccc(CCC(=O)NCCC2CN(C)CCO2)cc1. The Morgan fingerprint density at radius 3 is 2.73 bits per heavy atom. The Hall–Kier alpha value is -1.39. The maximum absolute atomic E-state index is 11.9. The molecule has 2 rings (SSSR count). The number of nitrogens with zero attached hydrogens (tertiary/aromatic N) is 1. The van der Waals surface area contributed by atoms with Gasteiger partial charge in [-0.15, -0.1) is 0 Å². The highest BCUT2D eigenvalue weighted by Crippen LogP contribution is 2.08.